The molecule has 0 aliphatic heterocycles. The molecular weight excluding hydrogens is 369 g/mol. The number of aromatic nitrogens is 2. The Morgan fingerprint density at radius 2 is 1.70 bits per heavy atom. The predicted octanol–water partition coefficient (Wildman–Crippen LogP) is 2.50. The first-order valence-electron chi connectivity index (χ1n) is 7.62. The summed E-state index contributed by atoms with van der Waals surface area (Å²) in [5.41, 5.74) is -3.77. The van der Waals surface area contributed by atoms with E-state index in [1.165, 1.54) is 55.0 Å². The maximum atomic E-state index is 13.8. The van der Waals surface area contributed by atoms with Crippen molar-refractivity contribution in [3.8, 4) is 5.75 Å². The highest BCUT2D eigenvalue weighted by atomic mass is 19.4. The Morgan fingerprint density at radius 1 is 1.07 bits per heavy atom. The molecule has 0 saturated carbocycles. The van der Waals surface area contributed by atoms with Crippen LogP contribution in [-0.4, -0.2) is 40.5 Å². The van der Waals surface area contributed by atoms with Crippen LogP contribution in [0, 0.1) is 0 Å². The van der Waals surface area contributed by atoms with Crippen LogP contribution in [0.4, 0.5) is 23.9 Å². The minimum atomic E-state index is -5.34. The molecule has 0 unspecified atom stereocenters. The third kappa shape index (κ3) is 4.84. The van der Waals surface area contributed by atoms with E-state index in [4.69, 9.17) is 4.74 Å². The van der Waals surface area contributed by atoms with Gasteiger partial charge in [0, 0.05) is 12.4 Å². The molecule has 2 N–H and O–H groups in total. The summed E-state index contributed by atoms with van der Waals surface area (Å²) in [6.45, 7) is 0.958. The molecule has 0 bridgehead atoms. The Kier molecular flexibility index (Phi) is 6.16. The first kappa shape index (κ1) is 19.9. The molecule has 0 fully saturated rings. The van der Waals surface area contributed by atoms with Gasteiger partial charge in [-0.05, 0) is 25.1 Å². The summed E-state index contributed by atoms with van der Waals surface area (Å²) in [6, 6.07) is 6.76. The van der Waals surface area contributed by atoms with Gasteiger partial charge < -0.3 is 9.47 Å². The van der Waals surface area contributed by atoms with Crippen molar-refractivity contribution in [2.45, 2.75) is 18.8 Å². The van der Waals surface area contributed by atoms with Crippen LogP contribution in [0.2, 0.25) is 0 Å². The quantitative estimate of drug-likeness (QED) is 0.586. The van der Waals surface area contributed by atoms with Gasteiger partial charge in [0.05, 0.1) is 6.61 Å². The Hall–Kier alpha value is -3.37. The molecule has 0 aliphatic carbocycles. The standard InChI is InChI=1S/C16H15F3N4O4/c1-2-26-12(24)15(16(17,18)19,27-11-7-4-3-5-8-11)23-14(25)22-13-20-9-6-10-21-13/h3-10H,2H2,1H3,(H2,20,21,22,23,25)/t15-/m0/s1. The summed E-state index contributed by atoms with van der Waals surface area (Å²) in [4.78, 5) is 31.6. The number of ether oxygens (including phenoxy) is 2. The number of para-hydroxylation sites is 1. The summed E-state index contributed by atoms with van der Waals surface area (Å²) in [5.74, 6) is -2.40. The average molecular weight is 384 g/mol. The number of esters is 1. The Balaban J connectivity index is 2.37. The van der Waals surface area contributed by atoms with E-state index in [1.54, 1.807) is 6.07 Å². The number of nitrogens with one attached hydrogen (secondary N) is 2. The Labute approximate surface area is 151 Å². The van der Waals surface area contributed by atoms with E-state index >= 15 is 0 Å². The molecule has 1 aromatic carbocycles. The van der Waals surface area contributed by atoms with E-state index < -0.39 is 23.9 Å². The van der Waals surface area contributed by atoms with Gasteiger partial charge in [-0.15, -0.1) is 0 Å². The van der Waals surface area contributed by atoms with Crippen molar-refractivity contribution in [2.75, 3.05) is 11.9 Å². The molecule has 0 saturated heterocycles. The molecule has 8 nitrogen and oxygen atoms in total. The van der Waals surface area contributed by atoms with Gasteiger partial charge in [0.15, 0.2) is 0 Å². The number of hydrogen-bond acceptors (Lipinski definition) is 6. The van der Waals surface area contributed by atoms with Gasteiger partial charge >= 0.3 is 23.9 Å². The van der Waals surface area contributed by atoms with E-state index in [0.717, 1.165) is 0 Å². The minimum absolute atomic E-state index is 0.269. The highest BCUT2D eigenvalue weighted by molar-refractivity contribution is 5.93. The van der Waals surface area contributed by atoms with Crippen molar-refractivity contribution in [3.63, 3.8) is 0 Å². The van der Waals surface area contributed by atoms with Gasteiger partial charge in [0.1, 0.15) is 5.75 Å². The van der Waals surface area contributed by atoms with Gasteiger partial charge in [-0.3, -0.25) is 10.6 Å². The van der Waals surface area contributed by atoms with Crippen molar-refractivity contribution in [2.24, 2.45) is 0 Å². The molecule has 1 atom stereocenters. The molecule has 0 aliphatic rings. The molecule has 144 valence electrons. The minimum Gasteiger partial charge on any atom is -0.461 e. The lowest BCUT2D eigenvalue weighted by molar-refractivity contribution is -0.259. The van der Waals surface area contributed by atoms with E-state index in [-0.39, 0.29) is 18.3 Å². The number of benzene rings is 1. The van der Waals surface area contributed by atoms with Crippen LogP contribution in [0.15, 0.2) is 48.8 Å². The smallest absolute Gasteiger partial charge is 0.460 e. The van der Waals surface area contributed by atoms with Crippen LogP contribution in [0.25, 0.3) is 0 Å². The zero-order valence-corrected chi connectivity index (χ0v) is 14.0. The molecule has 2 amide bonds. The third-order valence-corrected chi connectivity index (χ3v) is 3.06. The molecule has 27 heavy (non-hydrogen) atoms. The highest BCUT2D eigenvalue weighted by Gasteiger charge is 2.66. The number of amides is 2. The van der Waals surface area contributed by atoms with Crippen LogP contribution in [-0.2, 0) is 9.53 Å². The lowest BCUT2D eigenvalue weighted by Gasteiger charge is -2.33. The van der Waals surface area contributed by atoms with Gasteiger partial charge in [-0.2, -0.15) is 13.2 Å². The normalized spacial score (nSPS) is 13.2. The van der Waals surface area contributed by atoms with E-state index in [1.807, 2.05) is 5.32 Å². The number of carbonyl (C=O) groups is 2. The second kappa shape index (κ2) is 8.34. The lowest BCUT2D eigenvalue weighted by atomic mass is 10.2. The van der Waals surface area contributed by atoms with Gasteiger partial charge in [-0.25, -0.2) is 19.6 Å². The predicted molar refractivity (Wildman–Crippen MR) is 86.7 cm³/mol. The van der Waals surface area contributed by atoms with Gasteiger partial charge in [-0.1, -0.05) is 18.2 Å². The third-order valence-electron chi connectivity index (χ3n) is 3.06. The SMILES string of the molecule is CCOC(=O)[C@](NC(=O)Nc1ncccn1)(Oc1ccccc1)C(F)(F)F. The van der Waals surface area contributed by atoms with Crippen LogP contribution < -0.4 is 15.4 Å². The summed E-state index contributed by atoms with van der Waals surface area (Å²) < 4.78 is 50.9. The number of nitrogens with zero attached hydrogens (tertiary/aromatic N) is 2. The van der Waals surface area contributed by atoms with Crippen LogP contribution in [0.5, 0.6) is 5.75 Å². The molecule has 2 rings (SSSR count). The van der Waals surface area contributed by atoms with Gasteiger partial charge in [0.2, 0.25) is 5.95 Å². The number of anilines is 1. The van der Waals surface area contributed by atoms with Crippen molar-refractivity contribution < 1.29 is 32.2 Å². The van der Waals surface area contributed by atoms with Gasteiger partial charge in [0.25, 0.3) is 0 Å². The van der Waals surface area contributed by atoms with Crippen molar-refractivity contribution in [3.05, 3.63) is 48.8 Å². The van der Waals surface area contributed by atoms with Crippen molar-refractivity contribution in [1.29, 1.82) is 0 Å². The second-order valence-corrected chi connectivity index (χ2v) is 4.97. The second-order valence-electron chi connectivity index (χ2n) is 4.97. The van der Waals surface area contributed by atoms with Crippen molar-refractivity contribution >= 4 is 17.9 Å². The fourth-order valence-corrected chi connectivity index (χ4v) is 1.92. The molecular formula is C16H15F3N4O4. The van der Waals surface area contributed by atoms with Crippen LogP contribution >= 0.6 is 0 Å². The number of rotatable bonds is 6. The lowest BCUT2D eigenvalue weighted by Crippen LogP contribution is -2.69. The zero-order chi connectivity index (χ0) is 19.9. The van der Waals surface area contributed by atoms with Crippen molar-refractivity contribution in [1.82, 2.24) is 15.3 Å². The summed E-state index contributed by atoms with van der Waals surface area (Å²) in [6.07, 6.45) is -2.80. The molecule has 1 heterocycles. The molecule has 11 heteroatoms. The number of carbonyl (C=O) groups excluding carboxylic acids is 2. The fourth-order valence-electron chi connectivity index (χ4n) is 1.92. The highest BCUT2D eigenvalue weighted by Crippen LogP contribution is 2.34. The summed E-state index contributed by atoms with van der Waals surface area (Å²) in [5, 5.41) is 3.49. The Bertz CT molecular complexity index is 774. The fraction of sp³-hybridized carbons (Fsp3) is 0.250. The maximum Gasteiger partial charge on any atom is 0.460 e. The molecule has 0 spiro atoms. The molecule has 2 aromatic rings. The van der Waals surface area contributed by atoms with E-state index in [0.29, 0.717) is 0 Å². The number of alkyl halides is 3. The average Bonchev–Trinajstić information content (AvgIpc) is 2.62. The van der Waals surface area contributed by atoms with Crippen LogP contribution in [0.1, 0.15) is 6.92 Å². The van der Waals surface area contributed by atoms with E-state index in [9.17, 15) is 22.8 Å². The number of halogens is 3. The largest absolute Gasteiger partial charge is 0.461 e. The topological polar surface area (TPSA) is 102 Å². The number of urea groups is 1. The summed E-state index contributed by atoms with van der Waals surface area (Å²) >= 11 is 0. The number of hydrogen-bond donors (Lipinski definition) is 2. The zero-order valence-electron chi connectivity index (χ0n) is 14.0. The maximum absolute atomic E-state index is 13.8. The first-order valence-corrected chi connectivity index (χ1v) is 7.62. The van der Waals surface area contributed by atoms with E-state index in [2.05, 4.69) is 14.7 Å². The molecule has 0 radical (unpaired) electrons. The molecule has 1 aromatic heterocycles. The monoisotopic (exact) mass is 384 g/mol. The van der Waals surface area contributed by atoms with Crippen LogP contribution in [0.3, 0.4) is 0 Å². The summed E-state index contributed by atoms with van der Waals surface area (Å²) in [7, 11) is 0. The Morgan fingerprint density at radius 3 is 2.26 bits per heavy atom. The first-order chi connectivity index (χ1) is 12.8.